The van der Waals surface area contributed by atoms with Crippen LogP contribution in [0.2, 0.25) is 0 Å². The van der Waals surface area contributed by atoms with Crippen molar-refractivity contribution in [3.8, 4) is 5.88 Å². The Morgan fingerprint density at radius 2 is 2.12 bits per heavy atom. The number of methoxy groups -OCH3 is 1. The third kappa shape index (κ3) is 3.82. The number of hydrogen-bond acceptors (Lipinski definition) is 5. The lowest BCUT2D eigenvalue weighted by Crippen LogP contribution is -2.36. The summed E-state index contributed by atoms with van der Waals surface area (Å²) in [6.07, 6.45) is 2.43. The Morgan fingerprint density at radius 3 is 2.77 bits per heavy atom. The average Bonchev–Trinajstić information content (AvgIpc) is 3.26. The Balaban J connectivity index is 1.65. The molecule has 0 unspecified atom stereocenters. The number of amides is 2. The van der Waals surface area contributed by atoms with Crippen molar-refractivity contribution >= 4 is 11.8 Å². The lowest BCUT2D eigenvalue weighted by atomic mass is 10.1. The van der Waals surface area contributed by atoms with Crippen molar-refractivity contribution in [3.63, 3.8) is 0 Å². The van der Waals surface area contributed by atoms with Crippen LogP contribution in [0.15, 0.2) is 6.07 Å². The smallest absolute Gasteiger partial charge is 0.256 e. The van der Waals surface area contributed by atoms with Gasteiger partial charge in [0.15, 0.2) is 0 Å². The summed E-state index contributed by atoms with van der Waals surface area (Å²) in [7, 11) is 1.56. The van der Waals surface area contributed by atoms with E-state index in [0.717, 1.165) is 30.9 Å². The quantitative estimate of drug-likeness (QED) is 0.796. The van der Waals surface area contributed by atoms with Gasteiger partial charge >= 0.3 is 0 Å². The molecule has 0 bridgehead atoms. The van der Waals surface area contributed by atoms with Gasteiger partial charge in [0.05, 0.1) is 24.9 Å². The molecule has 3 rings (SSSR count). The molecule has 0 aliphatic carbocycles. The highest BCUT2D eigenvalue weighted by atomic mass is 16.5. The van der Waals surface area contributed by atoms with Gasteiger partial charge in [0.25, 0.3) is 5.91 Å². The monoisotopic (exact) mass is 360 g/mol. The molecule has 26 heavy (non-hydrogen) atoms. The van der Waals surface area contributed by atoms with E-state index in [1.54, 1.807) is 12.0 Å². The number of likely N-dealkylation sites (tertiary alicyclic amines) is 1. The molecular weight excluding hydrogens is 332 g/mol. The van der Waals surface area contributed by atoms with Gasteiger partial charge in [-0.1, -0.05) is 6.92 Å². The Morgan fingerprint density at radius 1 is 1.38 bits per heavy atom. The lowest BCUT2D eigenvalue weighted by molar-refractivity contribution is -0.125. The second kappa shape index (κ2) is 8.03. The molecular formula is C19H28N4O3. The zero-order valence-electron chi connectivity index (χ0n) is 15.9. The number of ether oxygens (including phenoxy) is 1. The number of aromatic nitrogens is 1. The zero-order chi connectivity index (χ0) is 18.7. The fourth-order valence-electron chi connectivity index (χ4n) is 3.65. The summed E-state index contributed by atoms with van der Waals surface area (Å²) in [6.45, 7) is 8.32. The fourth-order valence-corrected chi connectivity index (χ4v) is 3.65. The summed E-state index contributed by atoms with van der Waals surface area (Å²) in [5.74, 6) is 0.411. The first-order valence-corrected chi connectivity index (χ1v) is 9.39. The third-order valence-corrected chi connectivity index (χ3v) is 5.21. The largest absolute Gasteiger partial charge is 0.481 e. The molecule has 3 heterocycles. The molecule has 0 spiro atoms. The highest BCUT2D eigenvalue weighted by Gasteiger charge is 2.29. The second-order valence-electron chi connectivity index (χ2n) is 7.10. The summed E-state index contributed by atoms with van der Waals surface area (Å²) in [6, 6.07) is 1.81. The predicted octanol–water partition coefficient (Wildman–Crippen LogP) is 1.41. The maximum atomic E-state index is 12.4. The number of rotatable bonds is 7. The number of carbonyl (C=O) groups is 2. The maximum absolute atomic E-state index is 12.4. The molecule has 1 N–H and O–H groups in total. The Hall–Kier alpha value is -2.15. The van der Waals surface area contributed by atoms with Crippen molar-refractivity contribution in [1.29, 1.82) is 0 Å². The highest BCUT2D eigenvalue weighted by molar-refractivity contribution is 5.98. The standard InChI is InChI=1S/C19H28N4O3/c1-4-23-12-16-15(19(23)25)9-14(18(21-16)26-3)10-20-17(24)13(2)11-22-7-5-6-8-22/h9,13H,4-8,10-12H2,1-3H3,(H,20,24)/t13-/m0/s1. The first-order chi connectivity index (χ1) is 12.5. The summed E-state index contributed by atoms with van der Waals surface area (Å²) < 4.78 is 5.37. The van der Waals surface area contributed by atoms with E-state index in [1.165, 1.54) is 12.8 Å². The van der Waals surface area contributed by atoms with Gasteiger partial charge in [0.1, 0.15) is 0 Å². The van der Waals surface area contributed by atoms with E-state index in [4.69, 9.17) is 4.74 Å². The normalized spacial score (nSPS) is 18.1. The molecule has 0 radical (unpaired) electrons. The van der Waals surface area contributed by atoms with Gasteiger partial charge in [-0.15, -0.1) is 0 Å². The Kier molecular flexibility index (Phi) is 5.76. The highest BCUT2D eigenvalue weighted by Crippen LogP contribution is 2.27. The second-order valence-corrected chi connectivity index (χ2v) is 7.10. The van der Waals surface area contributed by atoms with Crippen molar-refractivity contribution in [2.24, 2.45) is 5.92 Å². The van der Waals surface area contributed by atoms with Gasteiger partial charge in [-0.2, -0.15) is 0 Å². The number of fused-ring (bicyclic) bond motifs is 1. The van der Waals surface area contributed by atoms with Crippen LogP contribution in [0, 0.1) is 5.92 Å². The first-order valence-electron chi connectivity index (χ1n) is 9.39. The van der Waals surface area contributed by atoms with Gasteiger partial charge in [-0.05, 0) is 38.9 Å². The van der Waals surface area contributed by atoms with Crippen LogP contribution < -0.4 is 10.1 Å². The molecule has 0 aromatic carbocycles. The van der Waals surface area contributed by atoms with Crippen molar-refractivity contribution in [3.05, 3.63) is 22.9 Å². The van der Waals surface area contributed by atoms with Crippen molar-refractivity contribution in [2.45, 2.75) is 39.8 Å². The lowest BCUT2D eigenvalue weighted by Gasteiger charge is -2.20. The molecule has 1 fully saturated rings. The minimum atomic E-state index is -0.0707. The third-order valence-electron chi connectivity index (χ3n) is 5.21. The van der Waals surface area contributed by atoms with Gasteiger partial charge in [0.2, 0.25) is 11.8 Å². The summed E-state index contributed by atoms with van der Waals surface area (Å²) in [5.41, 5.74) is 2.09. The summed E-state index contributed by atoms with van der Waals surface area (Å²) in [4.78, 5) is 33.4. The summed E-state index contributed by atoms with van der Waals surface area (Å²) in [5, 5.41) is 2.97. The molecule has 7 heteroatoms. The van der Waals surface area contributed by atoms with Gasteiger partial charge in [-0.3, -0.25) is 9.59 Å². The minimum Gasteiger partial charge on any atom is -0.481 e. The van der Waals surface area contributed by atoms with E-state index >= 15 is 0 Å². The molecule has 1 aromatic rings. The van der Waals surface area contributed by atoms with E-state index < -0.39 is 0 Å². The molecule has 0 saturated carbocycles. The van der Waals surface area contributed by atoms with Crippen LogP contribution in [0.1, 0.15) is 48.3 Å². The molecule has 1 atom stereocenters. The van der Waals surface area contributed by atoms with E-state index in [-0.39, 0.29) is 17.7 Å². The molecule has 142 valence electrons. The van der Waals surface area contributed by atoms with Gasteiger partial charge in [-0.25, -0.2) is 4.98 Å². The van der Waals surface area contributed by atoms with Crippen LogP contribution in [0.3, 0.4) is 0 Å². The van der Waals surface area contributed by atoms with Crippen LogP contribution in [0.5, 0.6) is 5.88 Å². The van der Waals surface area contributed by atoms with E-state index in [2.05, 4.69) is 15.2 Å². The molecule has 2 aliphatic rings. The number of nitrogens with one attached hydrogen (secondary N) is 1. The SMILES string of the molecule is CCN1Cc2nc(OC)c(CNC(=O)[C@@H](C)CN3CCCC3)cc2C1=O. The summed E-state index contributed by atoms with van der Waals surface area (Å²) >= 11 is 0. The average molecular weight is 360 g/mol. The molecule has 2 amide bonds. The molecule has 1 saturated heterocycles. The zero-order valence-corrected chi connectivity index (χ0v) is 15.9. The van der Waals surface area contributed by atoms with Gasteiger partial charge in [0, 0.05) is 31.1 Å². The number of nitrogens with zero attached hydrogens (tertiary/aromatic N) is 3. The predicted molar refractivity (Wildman–Crippen MR) is 97.9 cm³/mol. The Bertz CT molecular complexity index is 686. The minimum absolute atomic E-state index is 0.00682. The van der Waals surface area contributed by atoms with E-state index in [0.29, 0.717) is 31.1 Å². The topological polar surface area (TPSA) is 74.8 Å². The van der Waals surface area contributed by atoms with E-state index in [9.17, 15) is 9.59 Å². The van der Waals surface area contributed by atoms with Crippen LogP contribution in [0.25, 0.3) is 0 Å². The van der Waals surface area contributed by atoms with Crippen LogP contribution >= 0.6 is 0 Å². The van der Waals surface area contributed by atoms with Crippen LogP contribution in [-0.4, -0.2) is 59.9 Å². The first kappa shape index (κ1) is 18.6. The van der Waals surface area contributed by atoms with Crippen molar-refractivity contribution < 1.29 is 14.3 Å². The van der Waals surface area contributed by atoms with Crippen molar-refractivity contribution in [2.75, 3.05) is 33.3 Å². The van der Waals surface area contributed by atoms with Crippen LogP contribution in [-0.2, 0) is 17.9 Å². The van der Waals surface area contributed by atoms with Crippen molar-refractivity contribution in [1.82, 2.24) is 20.1 Å². The number of hydrogen-bond donors (Lipinski definition) is 1. The maximum Gasteiger partial charge on any atom is 0.256 e. The fraction of sp³-hybridized carbons (Fsp3) is 0.632. The molecule has 2 aliphatic heterocycles. The molecule has 1 aromatic heterocycles. The van der Waals surface area contributed by atoms with Gasteiger partial charge < -0.3 is 19.9 Å². The molecule has 7 nitrogen and oxygen atoms in total. The number of carbonyl (C=O) groups excluding carboxylic acids is 2. The number of pyridine rings is 1. The van der Waals surface area contributed by atoms with E-state index in [1.807, 2.05) is 19.9 Å². The Labute approximate surface area is 154 Å². The van der Waals surface area contributed by atoms with Crippen LogP contribution in [0.4, 0.5) is 0 Å².